The van der Waals surface area contributed by atoms with Crippen molar-refractivity contribution in [3.63, 3.8) is 0 Å². The van der Waals surface area contributed by atoms with Crippen LogP contribution in [0.1, 0.15) is 5.56 Å². The lowest BCUT2D eigenvalue weighted by molar-refractivity contribution is 0.765. The van der Waals surface area contributed by atoms with Gasteiger partial charge in [0.25, 0.3) is 0 Å². The maximum absolute atomic E-state index is 5.87. The van der Waals surface area contributed by atoms with Crippen molar-refractivity contribution < 1.29 is 0 Å². The summed E-state index contributed by atoms with van der Waals surface area (Å²) in [6.07, 6.45) is 0. The Morgan fingerprint density at radius 3 is 2.33 bits per heavy atom. The maximum Gasteiger partial charge on any atom is 0.115 e. The molecule has 0 unspecified atom stereocenters. The van der Waals surface area contributed by atoms with E-state index in [-0.39, 0.29) is 0 Å². The van der Waals surface area contributed by atoms with Gasteiger partial charge in [-0.05, 0) is 48.9 Å². The van der Waals surface area contributed by atoms with Crippen molar-refractivity contribution in [1.82, 2.24) is 15.0 Å². The van der Waals surface area contributed by atoms with Crippen molar-refractivity contribution in [3.05, 3.63) is 46.4 Å². The first-order valence-electron chi connectivity index (χ1n) is 5.52. The number of anilines is 1. The van der Waals surface area contributed by atoms with Gasteiger partial charge in [-0.2, -0.15) is 4.80 Å². The molecule has 0 atom stereocenters. The summed E-state index contributed by atoms with van der Waals surface area (Å²) in [4.78, 5) is 1.62. The van der Waals surface area contributed by atoms with Gasteiger partial charge in [-0.25, -0.2) is 0 Å². The van der Waals surface area contributed by atoms with Crippen molar-refractivity contribution >= 4 is 32.7 Å². The van der Waals surface area contributed by atoms with Crippen molar-refractivity contribution in [2.75, 3.05) is 5.73 Å². The quantitative estimate of drug-likeness (QED) is 0.703. The predicted molar refractivity (Wildman–Crippen MR) is 75.7 cm³/mol. The molecule has 0 aliphatic rings. The normalized spacial score (nSPS) is 11.0. The molecule has 3 aromatic rings. The predicted octanol–water partition coefficient (Wildman–Crippen LogP) is 3.07. The first-order chi connectivity index (χ1) is 8.63. The van der Waals surface area contributed by atoms with E-state index in [1.54, 1.807) is 4.80 Å². The third-order valence-electron chi connectivity index (χ3n) is 2.83. The first kappa shape index (κ1) is 11.2. The minimum Gasteiger partial charge on any atom is -0.398 e. The molecule has 0 spiro atoms. The molecule has 1 heterocycles. The van der Waals surface area contributed by atoms with E-state index in [0.717, 1.165) is 32.4 Å². The molecule has 0 aliphatic heterocycles. The largest absolute Gasteiger partial charge is 0.398 e. The Bertz CT molecular complexity index is 677. The van der Waals surface area contributed by atoms with Crippen LogP contribution in [-0.2, 0) is 0 Å². The molecule has 0 bridgehead atoms. The topological polar surface area (TPSA) is 56.7 Å². The van der Waals surface area contributed by atoms with Crippen LogP contribution in [0.3, 0.4) is 0 Å². The lowest BCUT2D eigenvalue weighted by atomic mass is 10.2. The second-order valence-corrected chi connectivity index (χ2v) is 5.08. The van der Waals surface area contributed by atoms with Crippen LogP contribution in [-0.4, -0.2) is 15.0 Å². The van der Waals surface area contributed by atoms with Gasteiger partial charge in [-0.15, -0.1) is 10.2 Å². The van der Waals surface area contributed by atoms with E-state index in [4.69, 9.17) is 5.73 Å². The number of nitrogens with zero attached hydrogens (tertiary/aromatic N) is 3. The van der Waals surface area contributed by atoms with Crippen LogP contribution in [0.4, 0.5) is 5.69 Å². The van der Waals surface area contributed by atoms with Crippen LogP contribution < -0.4 is 5.73 Å². The summed E-state index contributed by atoms with van der Waals surface area (Å²) in [5.41, 5.74) is 10.2. The number of nitrogens with two attached hydrogens (primary N) is 1. The van der Waals surface area contributed by atoms with Gasteiger partial charge in [0.15, 0.2) is 0 Å². The Morgan fingerprint density at radius 1 is 1.06 bits per heavy atom. The van der Waals surface area contributed by atoms with Gasteiger partial charge in [0.05, 0.1) is 5.69 Å². The summed E-state index contributed by atoms with van der Waals surface area (Å²) in [6, 6.07) is 11.6. The highest BCUT2D eigenvalue weighted by atomic mass is 79.9. The van der Waals surface area contributed by atoms with E-state index < -0.39 is 0 Å². The van der Waals surface area contributed by atoms with E-state index in [1.165, 1.54) is 0 Å². The fraction of sp³-hybridized carbons (Fsp3) is 0.0769. The molecular formula is C13H11BrN4. The molecule has 0 radical (unpaired) electrons. The Morgan fingerprint density at radius 2 is 1.67 bits per heavy atom. The van der Waals surface area contributed by atoms with Crippen LogP contribution in [0.15, 0.2) is 40.9 Å². The number of fused-ring (bicyclic) bond motifs is 1. The molecule has 0 aliphatic carbocycles. The summed E-state index contributed by atoms with van der Waals surface area (Å²) in [6.45, 7) is 1.97. The lowest BCUT2D eigenvalue weighted by Gasteiger charge is -1.97. The van der Waals surface area contributed by atoms with E-state index >= 15 is 0 Å². The SMILES string of the molecule is Cc1cc2nn(-c3ccc(Br)cc3)nc2cc1N. The molecule has 0 saturated carbocycles. The van der Waals surface area contributed by atoms with Crippen LogP contribution >= 0.6 is 15.9 Å². The zero-order chi connectivity index (χ0) is 12.7. The van der Waals surface area contributed by atoms with Crippen molar-refractivity contribution in [3.8, 4) is 5.69 Å². The average Bonchev–Trinajstić information content (AvgIpc) is 2.73. The summed E-state index contributed by atoms with van der Waals surface area (Å²) in [5, 5.41) is 8.87. The molecule has 0 amide bonds. The zero-order valence-electron chi connectivity index (χ0n) is 9.76. The summed E-state index contributed by atoms with van der Waals surface area (Å²) in [7, 11) is 0. The monoisotopic (exact) mass is 302 g/mol. The molecule has 0 fully saturated rings. The lowest BCUT2D eigenvalue weighted by Crippen LogP contribution is -1.97. The third kappa shape index (κ3) is 1.86. The number of benzene rings is 2. The van der Waals surface area contributed by atoms with Gasteiger partial charge in [0.2, 0.25) is 0 Å². The number of aryl methyl sites for hydroxylation is 1. The number of halogens is 1. The fourth-order valence-electron chi connectivity index (χ4n) is 1.77. The summed E-state index contributed by atoms with van der Waals surface area (Å²) in [5.74, 6) is 0. The van der Waals surface area contributed by atoms with Gasteiger partial charge in [-0.1, -0.05) is 15.9 Å². The van der Waals surface area contributed by atoms with Gasteiger partial charge in [0, 0.05) is 10.2 Å². The second kappa shape index (κ2) is 4.10. The van der Waals surface area contributed by atoms with E-state index in [9.17, 15) is 0 Å². The summed E-state index contributed by atoms with van der Waals surface area (Å²) >= 11 is 3.41. The molecule has 4 nitrogen and oxygen atoms in total. The van der Waals surface area contributed by atoms with E-state index in [0.29, 0.717) is 0 Å². The van der Waals surface area contributed by atoms with Crippen molar-refractivity contribution in [1.29, 1.82) is 0 Å². The smallest absolute Gasteiger partial charge is 0.115 e. The Hall–Kier alpha value is -1.88. The Balaban J connectivity index is 2.16. The fourth-order valence-corrected chi connectivity index (χ4v) is 2.04. The highest BCUT2D eigenvalue weighted by molar-refractivity contribution is 9.10. The molecule has 0 saturated heterocycles. The van der Waals surface area contributed by atoms with Gasteiger partial charge in [0.1, 0.15) is 11.0 Å². The molecule has 2 aromatic carbocycles. The Labute approximate surface area is 113 Å². The zero-order valence-corrected chi connectivity index (χ0v) is 11.3. The molecule has 3 rings (SSSR count). The highest BCUT2D eigenvalue weighted by Gasteiger charge is 2.06. The van der Waals surface area contributed by atoms with Gasteiger partial charge in [-0.3, -0.25) is 0 Å². The van der Waals surface area contributed by atoms with Gasteiger partial charge >= 0.3 is 0 Å². The molecule has 2 N–H and O–H groups in total. The highest BCUT2D eigenvalue weighted by Crippen LogP contribution is 2.20. The Kier molecular flexibility index (Phi) is 2.56. The molecule has 1 aromatic heterocycles. The van der Waals surface area contributed by atoms with Crippen LogP contribution in [0.2, 0.25) is 0 Å². The number of aromatic nitrogens is 3. The van der Waals surface area contributed by atoms with Crippen LogP contribution in [0.5, 0.6) is 0 Å². The van der Waals surface area contributed by atoms with Crippen LogP contribution in [0, 0.1) is 6.92 Å². The van der Waals surface area contributed by atoms with Crippen molar-refractivity contribution in [2.45, 2.75) is 6.92 Å². The summed E-state index contributed by atoms with van der Waals surface area (Å²) < 4.78 is 1.03. The number of nitrogen functional groups attached to an aromatic ring is 1. The van der Waals surface area contributed by atoms with E-state index in [1.807, 2.05) is 43.3 Å². The first-order valence-corrected chi connectivity index (χ1v) is 6.32. The maximum atomic E-state index is 5.87. The average molecular weight is 303 g/mol. The minimum absolute atomic E-state index is 0.741. The number of hydrogen-bond donors (Lipinski definition) is 1. The molecule has 90 valence electrons. The second-order valence-electron chi connectivity index (χ2n) is 4.16. The number of rotatable bonds is 1. The molecule has 18 heavy (non-hydrogen) atoms. The van der Waals surface area contributed by atoms with E-state index in [2.05, 4.69) is 26.1 Å². The minimum atomic E-state index is 0.741. The number of hydrogen-bond acceptors (Lipinski definition) is 3. The molecule has 5 heteroatoms. The van der Waals surface area contributed by atoms with Crippen molar-refractivity contribution in [2.24, 2.45) is 0 Å². The van der Waals surface area contributed by atoms with Gasteiger partial charge < -0.3 is 5.73 Å². The standard InChI is InChI=1S/C13H11BrN4/c1-8-6-12-13(7-11(8)15)17-18(16-12)10-4-2-9(14)3-5-10/h2-7H,15H2,1H3. The molecular weight excluding hydrogens is 292 g/mol. The van der Waals surface area contributed by atoms with Crippen LogP contribution in [0.25, 0.3) is 16.7 Å². The third-order valence-corrected chi connectivity index (χ3v) is 3.35.